The number of rotatable bonds is 8. The molecule has 0 bridgehead atoms. The van der Waals surface area contributed by atoms with Crippen LogP contribution in [-0.2, 0) is 0 Å². The van der Waals surface area contributed by atoms with Crippen LogP contribution in [0.3, 0.4) is 0 Å². The van der Waals surface area contributed by atoms with Crippen LogP contribution in [0.25, 0.3) is 0 Å². The summed E-state index contributed by atoms with van der Waals surface area (Å²) in [6, 6.07) is 0. The summed E-state index contributed by atoms with van der Waals surface area (Å²) < 4.78 is 0.163. The van der Waals surface area contributed by atoms with Crippen molar-refractivity contribution in [2.24, 2.45) is 10.4 Å². The molecule has 1 fully saturated rings. The van der Waals surface area contributed by atoms with Crippen LogP contribution in [0.5, 0.6) is 0 Å². The Bertz CT molecular complexity index is 339. The van der Waals surface area contributed by atoms with Crippen LogP contribution < -0.4 is 10.6 Å². The van der Waals surface area contributed by atoms with Gasteiger partial charge in [0.2, 0.25) is 0 Å². The summed E-state index contributed by atoms with van der Waals surface area (Å²) in [5.74, 6) is 0.910. The van der Waals surface area contributed by atoms with E-state index in [-0.39, 0.29) is 40.7 Å². The number of nitrogens with one attached hydrogen (secondary N) is 2. The molecule has 0 atom stereocenters. The summed E-state index contributed by atoms with van der Waals surface area (Å²) in [6.45, 7) is 9.42. The zero-order valence-corrected chi connectivity index (χ0v) is 18.4. The quantitative estimate of drug-likeness (QED) is 0.296. The van der Waals surface area contributed by atoms with Crippen LogP contribution in [0.1, 0.15) is 59.3 Å². The Hall–Kier alpha value is 0.310. The number of guanidine groups is 1. The smallest absolute Gasteiger partial charge is 0.191 e. The first kappa shape index (κ1) is 23.3. The largest absolute Gasteiger partial charge is 0.396 e. The Labute approximate surface area is 164 Å². The summed E-state index contributed by atoms with van der Waals surface area (Å²) in [6.07, 6.45) is 9.38. The maximum absolute atomic E-state index is 9.42. The summed E-state index contributed by atoms with van der Waals surface area (Å²) in [4.78, 5) is 4.74. The fraction of sp³-hybridized carbons (Fsp3) is 0.941. The molecule has 1 aliphatic carbocycles. The minimum absolute atomic E-state index is 0. The first-order chi connectivity index (χ1) is 10.5. The monoisotopic (exact) mass is 457 g/mol. The van der Waals surface area contributed by atoms with Gasteiger partial charge in [0.15, 0.2) is 5.96 Å². The second-order valence-corrected chi connectivity index (χ2v) is 8.56. The second kappa shape index (κ2) is 11.8. The van der Waals surface area contributed by atoms with Crippen molar-refractivity contribution in [1.29, 1.82) is 0 Å². The van der Waals surface area contributed by atoms with Crippen molar-refractivity contribution in [3.8, 4) is 0 Å². The van der Waals surface area contributed by atoms with Crippen LogP contribution in [0.4, 0.5) is 0 Å². The standard InChI is InChI=1S/C17H35N3OS.HI/c1-5-18-15(19-13-16(2,3)22-4)20-14-17(11-12-21)9-7-6-8-10-17;/h21H,5-14H2,1-4H3,(H2,18,19,20);1H. The number of aliphatic hydroxyl groups is 1. The molecule has 1 rings (SSSR count). The first-order valence-corrected chi connectivity index (χ1v) is 9.88. The molecule has 0 heterocycles. The van der Waals surface area contributed by atoms with Crippen molar-refractivity contribution in [2.75, 3.05) is 32.5 Å². The van der Waals surface area contributed by atoms with Gasteiger partial charge in [-0.2, -0.15) is 11.8 Å². The maximum atomic E-state index is 9.42. The number of halogens is 1. The Morgan fingerprint density at radius 3 is 2.39 bits per heavy atom. The molecule has 138 valence electrons. The molecular formula is C17H36IN3OS. The van der Waals surface area contributed by atoms with Crippen LogP contribution in [0, 0.1) is 5.41 Å². The minimum Gasteiger partial charge on any atom is -0.396 e. The average molecular weight is 457 g/mol. The Balaban J connectivity index is 0.00000484. The van der Waals surface area contributed by atoms with E-state index in [4.69, 9.17) is 4.99 Å². The zero-order chi connectivity index (χ0) is 16.5. The Morgan fingerprint density at radius 2 is 1.87 bits per heavy atom. The number of hydrogen-bond donors (Lipinski definition) is 3. The highest BCUT2D eigenvalue weighted by molar-refractivity contribution is 14.0. The Morgan fingerprint density at radius 1 is 1.22 bits per heavy atom. The number of thioether (sulfide) groups is 1. The van der Waals surface area contributed by atoms with Crippen LogP contribution in [0.15, 0.2) is 4.99 Å². The number of hydrogen-bond acceptors (Lipinski definition) is 3. The van der Waals surface area contributed by atoms with E-state index in [2.05, 4.69) is 37.7 Å². The fourth-order valence-corrected chi connectivity index (χ4v) is 3.19. The molecule has 0 amide bonds. The predicted octanol–water partition coefficient (Wildman–Crippen LogP) is 3.63. The third kappa shape index (κ3) is 8.82. The van der Waals surface area contributed by atoms with Gasteiger partial charge in [0.05, 0.1) is 6.54 Å². The highest BCUT2D eigenvalue weighted by atomic mass is 127. The van der Waals surface area contributed by atoms with Gasteiger partial charge in [0.1, 0.15) is 0 Å². The molecule has 1 aliphatic rings. The van der Waals surface area contributed by atoms with Gasteiger partial charge in [-0.1, -0.05) is 19.3 Å². The van der Waals surface area contributed by atoms with Crippen LogP contribution in [-0.4, -0.2) is 48.3 Å². The van der Waals surface area contributed by atoms with Crippen molar-refractivity contribution in [3.05, 3.63) is 0 Å². The van der Waals surface area contributed by atoms with Crippen LogP contribution >= 0.6 is 35.7 Å². The summed E-state index contributed by atoms with van der Waals surface area (Å²) in [5, 5.41) is 16.3. The summed E-state index contributed by atoms with van der Waals surface area (Å²) in [7, 11) is 0. The van der Waals surface area contributed by atoms with Crippen molar-refractivity contribution in [3.63, 3.8) is 0 Å². The Kier molecular flexibility index (Phi) is 12.0. The summed E-state index contributed by atoms with van der Waals surface area (Å²) >= 11 is 1.84. The molecule has 0 aromatic heterocycles. The lowest BCUT2D eigenvalue weighted by Gasteiger charge is -2.37. The lowest BCUT2D eigenvalue weighted by molar-refractivity contribution is 0.131. The number of aliphatic hydroxyl groups excluding tert-OH is 1. The minimum atomic E-state index is 0. The van der Waals surface area contributed by atoms with Gasteiger partial charge in [0, 0.05) is 24.4 Å². The van der Waals surface area contributed by atoms with Gasteiger partial charge in [0.25, 0.3) is 0 Å². The van der Waals surface area contributed by atoms with Gasteiger partial charge < -0.3 is 15.7 Å². The lowest BCUT2D eigenvalue weighted by Crippen LogP contribution is -2.45. The molecule has 1 saturated carbocycles. The molecule has 4 nitrogen and oxygen atoms in total. The normalized spacial score (nSPS) is 18.2. The van der Waals surface area contributed by atoms with E-state index in [1.165, 1.54) is 32.1 Å². The zero-order valence-electron chi connectivity index (χ0n) is 15.3. The van der Waals surface area contributed by atoms with E-state index in [0.717, 1.165) is 32.0 Å². The van der Waals surface area contributed by atoms with Crippen molar-refractivity contribution in [2.45, 2.75) is 64.0 Å². The lowest BCUT2D eigenvalue weighted by atomic mass is 9.72. The molecule has 3 N–H and O–H groups in total. The second-order valence-electron chi connectivity index (χ2n) is 7.05. The molecular weight excluding hydrogens is 421 g/mol. The van der Waals surface area contributed by atoms with Crippen molar-refractivity contribution in [1.82, 2.24) is 10.6 Å². The molecule has 0 aromatic carbocycles. The molecule has 0 unspecified atom stereocenters. The van der Waals surface area contributed by atoms with Crippen LogP contribution in [0.2, 0.25) is 0 Å². The van der Waals surface area contributed by atoms with E-state index >= 15 is 0 Å². The van der Waals surface area contributed by atoms with Gasteiger partial charge in [-0.15, -0.1) is 24.0 Å². The highest BCUT2D eigenvalue weighted by Crippen LogP contribution is 2.38. The molecule has 0 radical (unpaired) electrons. The van der Waals surface area contributed by atoms with E-state index in [9.17, 15) is 5.11 Å². The molecule has 0 saturated heterocycles. The van der Waals surface area contributed by atoms with E-state index < -0.39 is 0 Å². The third-order valence-corrected chi connectivity index (χ3v) is 5.94. The van der Waals surface area contributed by atoms with E-state index in [1.54, 1.807) is 0 Å². The third-order valence-electron chi connectivity index (χ3n) is 4.70. The molecule has 0 aliphatic heterocycles. The van der Waals surface area contributed by atoms with E-state index in [1.807, 2.05) is 11.8 Å². The highest BCUT2D eigenvalue weighted by Gasteiger charge is 2.31. The van der Waals surface area contributed by atoms with Gasteiger partial charge in [-0.3, -0.25) is 4.99 Å². The first-order valence-electron chi connectivity index (χ1n) is 8.65. The molecule has 23 heavy (non-hydrogen) atoms. The van der Waals surface area contributed by atoms with Gasteiger partial charge in [-0.25, -0.2) is 0 Å². The van der Waals surface area contributed by atoms with E-state index in [0.29, 0.717) is 0 Å². The van der Waals surface area contributed by atoms with Crippen molar-refractivity contribution < 1.29 is 5.11 Å². The number of nitrogens with zero attached hydrogens (tertiary/aromatic N) is 1. The molecule has 0 spiro atoms. The number of aliphatic imine (C=N–C) groups is 1. The SMILES string of the molecule is CCNC(=NCC(C)(C)SC)NCC1(CCO)CCCCC1.I. The predicted molar refractivity (Wildman–Crippen MR) is 114 cm³/mol. The molecule has 0 aromatic rings. The fourth-order valence-electron chi connectivity index (χ4n) is 3.00. The van der Waals surface area contributed by atoms with Crippen molar-refractivity contribution >= 4 is 41.7 Å². The average Bonchev–Trinajstić information content (AvgIpc) is 2.51. The topological polar surface area (TPSA) is 56.7 Å². The molecule has 6 heteroatoms. The maximum Gasteiger partial charge on any atom is 0.191 e. The van der Waals surface area contributed by atoms with Gasteiger partial charge in [-0.05, 0) is 51.7 Å². The van der Waals surface area contributed by atoms with Gasteiger partial charge >= 0.3 is 0 Å². The summed E-state index contributed by atoms with van der Waals surface area (Å²) in [5.41, 5.74) is 0.248.